The van der Waals surface area contributed by atoms with Gasteiger partial charge in [0.25, 0.3) is 0 Å². The second-order valence-electron chi connectivity index (χ2n) is 2.45. The summed E-state index contributed by atoms with van der Waals surface area (Å²) in [6.45, 7) is 3.99. The molecule has 0 radical (unpaired) electrons. The Labute approximate surface area is 68.8 Å². The summed E-state index contributed by atoms with van der Waals surface area (Å²) in [5.74, 6) is 0.0867. The Morgan fingerprint density at radius 2 is 2.09 bits per heavy atom. The van der Waals surface area contributed by atoms with Gasteiger partial charge in [0.15, 0.2) is 5.78 Å². The second-order valence-corrected chi connectivity index (χ2v) is 2.45. The maximum Gasteiger partial charge on any atom is 0.177 e. The Balaban J connectivity index is 3.48. The van der Waals surface area contributed by atoms with Crippen LogP contribution in [0.4, 0.5) is 0 Å². The summed E-state index contributed by atoms with van der Waals surface area (Å²) >= 11 is 0. The van der Waals surface area contributed by atoms with Crippen molar-refractivity contribution in [1.82, 2.24) is 0 Å². The fourth-order valence-corrected chi connectivity index (χ4v) is 0.741. The number of carbonyl (C=O) groups excluding carboxylic acids is 1. The predicted octanol–water partition coefficient (Wildman–Crippen LogP) is 2.88. The summed E-state index contributed by atoms with van der Waals surface area (Å²) in [6, 6.07) is 0. The molecule has 0 atom stereocenters. The molecule has 0 fully saturated rings. The van der Waals surface area contributed by atoms with Crippen LogP contribution < -0.4 is 0 Å². The standard InChI is InChI=1S/C10H16O/c1-3-5-6-7-9-10(11)8-4-2/h4,7-9H,3,5-6H2,1-2H3/b8-4+,9-7+. The smallest absolute Gasteiger partial charge is 0.177 e. The van der Waals surface area contributed by atoms with E-state index in [0.29, 0.717) is 0 Å². The third kappa shape index (κ3) is 7.04. The highest BCUT2D eigenvalue weighted by Gasteiger charge is 1.84. The molecule has 0 rings (SSSR count). The zero-order valence-electron chi connectivity index (χ0n) is 7.34. The van der Waals surface area contributed by atoms with Crippen LogP contribution in [0.3, 0.4) is 0 Å². The Morgan fingerprint density at radius 3 is 2.64 bits per heavy atom. The van der Waals surface area contributed by atoms with Crippen LogP contribution in [0.5, 0.6) is 0 Å². The van der Waals surface area contributed by atoms with Gasteiger partial charge in [-0.2, -0.15) is 0 Å². The van der Waals surface area contributed by atoms with Gasteiger partial charge < -0.3 is 0 Å². The van der Waals surface area contributed by atoms with E-state index in [2.05, 4.69) is 6.92 Å². The van der Waals surface area contributed by atoms with E-state index in [-0.39, 0.29) is 5.78 Å². The van der Waals surface area contributed by atoms with Crippen LogP contribution in [0.15, 0.2) is 24.3 Å². The highest BCUT2D eigenvalue weighted by molar-refractivity contribution is 5.98. The first-order chi connectivity index (χ1) is 5.31. The van der Waals surface area contributed by atoms with E-state index < -0.39 is 0 Å². The van der Waals surface area contributed by atoms with E-state index in [4.69, 9.17) is 0 Å². The molecule has 0 aliphatic carbocycles. The minimum Gasteiger partial charge on any atom is -0.290 e. The molecule has 0 aliphatic rings. The van der Waals surface area contributed by atoms with Crippen molar-refractivity contribution in [3.05, 3.63) is 24.3 Å². The zero-order chi connectivity index (χ0) is 8.53. The lowest BCUT2D eigenvalue weighted by Crippen LogP contribution is -1.83. The van der Waals surface area contributed by atoms with Crippen LogP contribution in [0.1, 0.15) is 33.1 Å². The summed E-state index contributed by atoms with van der Waals surface area (Å²) in [5, 5.41) is 0. The summed E-state index contributed by atoms with van der Waals surface area (Å²) in [4.78, 5) is 10.8. The van der Waals surface area contributed by atoms with Gasteiger partial charge in [-0.3, -0.25) is 4.79 Å². The molecule has 0 aromatic heterocycles. The highest BCUT2D eigenvalue weighted by atomic mass is 16.1. The van der Waals surface area contributed by atoms with Gasteiger partial charge in [0.1, 0.15) is 0 Å². The molecule has 11 heavy (non-hydrogen) atoms. The predicted molar refractivity (Wildman–Crippen MR) is 48.5 cm³/mol. The molecule has 0 aliphatic heterocycles. The number of hydrogen-bond donors (Lipinski definition) is 0. The van der Waals surface area contributed by atoms with Crippen LogP contribution in [0.2, 0.25) is 0 Å². The molecule has 1 nitrogen and oxygen atoms in total. The summed E-state index contributed by atoms with van der Waals surface area (Å²) in [6.07, 6.45) is 10.3. The first-order valence-corrected chi connectivity index (χ1v) is 4.14. The number of hydrogen-bond acceptors (Lipinski definition) is 1. The lowest BCUT2D eigenvalue weighted by atomic mass is 10.2. The lowest BCUT2D eigenvalue weighted by Gasteiger charge is -1.86. The van der Waals surface area contributed by atoms with Crippen molar-refractivity contribution >= 4 is 5.78 Å². The molecule has 0 saturated heterocycles. The molecule has 0 spiro atoms. The molecule has 0 aromatic carbocycles. The molecule has 0 aromatic rings. The topological polar surface area (TPSA) is 17.1 Å². The average Bonchev–Trinajstić information content (AvgIpc) is 1.99. The minimum absolute atomic E-state index is 0.0867. The molecule has 0 unspecified atom stereocenters. The normalized spacial score (nSPS) is 11.5. The van der Waals surface area contributed by atoms with Crippen molar-refractivity contribution in [2.24, 2.45) is 0 Å². The fourth-order valence-electron chi connectivity index (χ4n) is 0.741. The van der Waals surface area contributed by atoms with Crippen molar-refractivity contribution < 1.29 is 4.79 Å². The molecular weight excluding hydrogens is 136 g/mol. The lowest BCUT2D eigenvalue weighted by molar-refractivity contribution is -0.110. The number of allylic oxidation sites excluding steroid dienone is 4. The Morgan fingerprint density at radius 1 is 1.36 bits per heavy atom. The van der Waals surface area contributed by atoms with Crippen molar-refractivity contribution in [1.29, 1.82) is 0 Å². The molecule has 0 N–H and O–H groups in total. The van der Waals surface area contributed by atoms with Gasteiger partial charge in [0.2, 0.25) is 0 Å². The fraction of sp³-hybridized carbons (Fsp3) is 0.500. The Kier molecular flexibility index (Phi) is 6.70. The number of carbonyl (C=O) groups is 1. The van der Waals surface area contributed by atoms with Gasteiger partial charge in [-0.1, -0.05) is 31.9 Å². The van der Waals surface area contributed by atoms with E-state index in [1.54, 1.807) is 18.2 Å². The largest absolute Gasteiger partial charge is 0.290 e. The van der Waals surface area contributed by atoms with Crippen LogP contribution >= 0.6 is 0 Å². The average molecular weight is 152 g/mol. The van der Waals surface area contributed by atoms with Crippen molar-refractivity contribution in [2.75, 3.05) is 0 Å². The van der Waals surface area contributed by atoms with Gasteiger partial charge in [-0.15, -0.1) is 0 Å². The summed E-state index contributed by atoms with van der Waals surface area (Å²) in [5.41, 5.74) is 0. The molecule has 0 bridgehead atoms. The monoisotopic (exact) mass is 152 g/mol. The van der Waals surface area contributed by atoms with E-state index >= 15 is 0 Å². The van der Waals surface area contributed by atoms with E-state index in [1.165, 1.54) is 12.8 Å². The molecule has 0 saturated carbocycles. The first-order valence-electron chi connectivity index (χ1n) is 4.14. The molecular formula is C10H16O. The molecule has 0 heterocycles. The molecule has 1 heteroatoms. The van der Waals surface area contributed by atoms with Crippen LogP contribution in [0.25, 0.3) is 0 Å². The highest BCUT2D eigenvalue weighted by Crippen LogP contribution is 1.94. The maximum absolute atomic E-state index is 10.8. The van der Waals surface area contributed by atoms with Crippen LogP contribution in [-0.2, 0) is 4.79 Å². The Bertz CT molecular complexity index is 154. The third-order valence-electron chi connectivity index (χ3n) is 1.34. The van der Waals surface area contributed by atoms with Crippen LogP contribution in [0, 0.1) is 0 Å². The van der Waals surface area contributed by atoms with Crippen molar-refractivity contribution in [3.63, 3.8) is 0 Å². The number of rotatable bonds is 5. The summed E-state index contributed by atoms with van der Waals surface area (Å²) < 4.78 is 0. The van der Waals surface area contributed by atoms with E-state index in [9.17, 15) is 4.79 Å². The van der Waals surface area contributed by atoms with Crippen LogP contribution in [-0.4, -0.2) is 5.78 Å². The number of ketones is 1. The quantitative estimate of drug-likeness (QED) is 0.437. The minimum atomic E-state index is 0.0867. The van der Waals surface area contributed by atoms with E-state index in [0.717, 1.165) is 6.42 Å². The maximum atomic E-state index is 10.8. The number of unbranched alkanes of at least 4 members (excludes halogenated alkanes) is 2. The van der Waals surface area contributed by atoms with Gasteiger partial charge in [0.05, 0.1) is 0 Å². The van der Waals surface area contributed by atoms with Gasteiger partial charge in [-0.05, 0) is 25.5 Å². The third-order valence-corrected chi connectivity index (χ3v) is 1.34. The first kappa shape index (κ1) is 10.2. The van der Waals surface area contributed by atoms with Gasteiger partial charge >= 0.3 is 0 Å². The van der Waals surface area contributed by atoms with Crippen molar-refractivity contribution in [2.45, 2.75) is 33.1 Å². The van der Waals surface area contributed by atoms with Gasteiger partial charge in [0, 0.05) is 0 Å². The molecule has 62 valence electrons. The summed E-state index contributed by atoms with van der Waals surface area (Å²) in [7, 11) is 0. The molecule has 0 amide bonds. The zero-order valence-corrected chi connectivity index (χ0v) is 7.34. The second kappa shape index (κ2) is 7.26. The van der Waals surface area contributed by atoms with Gasteiger partial charge in [-0.25, -0.2) is 0 Å². The van der Waals surface area contributed by atoms with E-state index in [1.807, 2.05) is 13.0 Å². The van der Waals surface area contributed by atoms with Crippen molar-refractivity contribution in [3.8, 4) is 0 Å². The Hall–Kier alpha value is -0.850. The SMILES string of the molecule is C/C=C/C(=O)/C=C/CCCC.